The Morgan fingerprint density at radius 3 is 2.38 bits per heavy atom. The Kier molecular flexibility index (Phi) is 4.16. The van der Waals surface area contributed by atoms with Crippen LogP contribution in [0.15, 0.2) is 0 Å². The molecule has 0 amide bonds. The van der Waals surface area contributed by atoms with Crippen LogP contribution in [0.2, 0.25) is 0 Å². The van der Waals surface area contributed by atoms with E-state index in [0.29, 0.717) is 29.1 Å². The molecule has 2 bridgehead atoms. The van der Waals surface area contributed by atoms with Crippen molar-refractivity contribution in [2.45, 2.75) is 90.9 Å². The average Bonchev–Trinajstić information content (AvgIpc) is 2.80. The van der Waals surface area contributed by atoms with Gasteiger partial charge in [0.25, 0.3) is 0 Å². The van der Waals surface area contributed by atoms with Crippen LogP contribution in [0.4, 0.5) is 0 Å². The minimum absolute atomic E-state index is 0.398. The van der Waals surface area contributed by atoms with Crippen LogP contribution in [0.1, 0.15) is 72.6 Å². The lowest BCUT2D eigenvalue weighted by atomic mass is 9.70. The molecule has 3 aliphatic carbocycles. The fourth-order valence-corrected chi connectivity index (χ4v) is 5.61. The number of rotatable bonds is 4. The van der Waals surface area contributed by atoms with Gasteiger partial charge in [-0.1, -0.05) is 34.1 Å². The fraction of sp³-hybridized carbons (Fsp3) is 1.00. The summed E-state index contributed by atoms with van der Waals surface area (Å²) in [6.45, 7) is 9.81. The average molecular weight is 293 g/mol. The molecule has 3 rings (SSSR count). The first-order valence-corrected chi connectivity index (χ1v) is 9.25. The van der Waals surface area contributed by atoms with E-state index in [1.165, 1.54) is 44.9 Å². The van der Waals surface area contributed by atoms with Crippen molar-refractivity contribution in [2.75, 3.05) is 7.05 Å². The first-order valence-electron chi connectivity index (χ1n) is 9.25. The molecule has 2 nitrogen and oxygen atoms in total. The summed E-state index contributed by atoms with van der Waals surface area (Å²) in [5, 5.41) is 3.52. The van der Waals surface area contributed by atoms with E-state index in [-0.39, 0.29) is 0 Å². The second kappa shape index (κ2) is 5.53. The summed E-state index contributed by atoms with van der Waals surface area (Å²) in [7, 11) is 2.11. The van der Waals surface area contributed by atoms with Crippen molar-refractivity contribution < 1.29 is 4.74 Å². The van der Waals surface area contributed by atoms with Crippen molar-refractivity contribution >= 4 is 0 Å². The standard InChI is InChI=1S/C19H35NO/c1-6-13-7-8-15(20-5)16(11-13)21-17-12-14-9-10-19(17,4)18(14,2)3/h13-17,20H,6-12H2,1-5H3. The Hall–Kier alpha value is -0.0800. The summed E-state index contributed by atoms with van der Waals surface area (Å²) < 4.78 is 6.80. The second-order valence-electron chi connectivity index (χ2n) is 8.76. The highest BCUT2D eigenvalue weighted by Gasteiger charge is 2.62. The van der Waals surface area contributed by atoms with Gasteiger partial charge in [-0.3, -0.25) is 0 Å². The lowest BCUT2D eigenvalue weighted by molar-refractivity contribution is -0.112. The van der Waals surface area contributed by atoms with E-state index in [9.17, 15) is 0 Å². The zero-order valence-corrected chi connectivity index (χ0v) is 14.7. The minimum Gasteiger partial charge on any atom is -0.373 e. The van der Waals surface area contributed by atoms with E-state index in [1.54, 1.807) is 0 Å². The molecule has 0 aromatic carbocycles. The van der Waals surface area contributed by atoms with Gasteiger partial charge in [0.2, 0.25) is 0 Å². The first kappa shape index (κ1) is 15.8. The molecule has 0 aliphatic heterocycles. The molecule has 0 aromatic rings. The molecular formula is C19H35NO. The molecule has 6 atom stereocenters. The van der Waals surface area contributed by atoms with Crippen LogP contribution in [-0.2, 0) is 4.74 Å². The van der Waals surface area contributed by atoms with E-state index in [2.05, 4.69) is 40.1 Å². The zero-order chi connectivity index (χ0) is 15.3. The third-order valence-corrected chi connectivity index (χ3v) is 7.90. The summed E-state index contributed by atoms with van der Waals surface area (Å²) in [6.07, 6.45) is 10.2. The minimum atomic E-state index is 0.398. The van der Waals surface area contributed by atoms with E-state index < -0.39 is 0 Å². The van der Waals surface area contributed by atoms with Crippen LogP contribution in [0.5, 0.6) is 0 Å². The van der Waals surface area contributed by atoms with Crippen LogP contribution in [0.3, 0.4) is 0 Å². The number of likely N-dealkylation sites (N-methyl/N-ethyl adjacent to an activating group) is 1. The van der Waals surface area contributed by atoms with Gasteiger partial charge in [-0.05, 0) is 68.2 Å². The van der Waals surface area contributed by atoms with Crippen LogP contribution < -0.4 is 5.32 Å². The van der Waals surface area contributed by atoms with Crippen LogP contribution in [-0.4, -0.2) is 25.3 Å². The maximum atomic E-state index is 6.80. The highest BCUT2D eigenvalue weighted by atomic mass is 16.5. The van der Waals surface area contributed by atoms with Crippen molar-refractivity contribution in [1.29, 1.82) is 0 Å². The van der Waals surface area contributed by atoms with Crippen molar-refractivity contribution in [1.82, 2.24) is 5.32 Å². The third kappa shape index (κ3) is 2.37. The highest BCUT2D eigenvalue weighted by molar-refractivity contribution is 5.11. The Morgan fingerprint density at radius 1 is 1.10 bits per heavy atom. The quantitative estimate of drug-likeness (QED) is 0.830. The summed E-state index contributed by atoms with van der Waals surface area (Å²) in [5.41, 5.74) is 0.862. The van der Waals surface area contributed by atoms with Gasteiger partial charge in [0, 0.05) is 6.04 Å². The Balaban J connectivity index is 1.71. The second-order valence-corrected chi connectivity index (χ2v) is 8.76. The molecule has 6 unspecified atom stereocenters. The molecule has 122 valence electrons. The molecular weight excluding hydrogens is 258 g/mol. The van der Waals surface area contributed by atoms with Gasteiger partial charge in [0.05, 0.1) is 12.2 Å². The molecule has 21 heavy (non-hydrogen) atoms. The lowest BCUT2D eigenvalue weighted by Gasteiger charge is -2.43. The topological polar surface area (TPSA) is 21.3 Å². The van der Waals surface area contributed by atoms with Gasteiger partial charge < -0.3 is 10.1 Å². The van der Waals surface area contributed by atoms with Gasteiger partial charge in [0.1, 0.15) is 0 Å². The lowest BCUT2D eigenvalue weighted by Crippen LogP contribution is -2.48. The largest absolute Gasteiger partial charge is 0.373 e. The predicted octanol–water partition coefficient (Wildman–Crippen LogP) is 4.38. The smallest absolute Gasteiger partial charge is 0.0734 e. The molecule has 3 saturated carbocycles. The zero-order valence-electron chi connectivity index (χ0n) is 14.7. The van der Waals surface area contributed by atoms with Crippen molar-refractivity contribution in [3.05, 3.63) is 0 Å². The highest BCUT2D eigenvalue weighted by Crippen LogP contribution is 2.66. The molecule has 1 N–H and O–H groups in total. The summed E-state index contributed by atoms with van der Waals surface area (Å²) >= 11 is 0. The summed E-state index contributed by atoms with van der Waals surface area (Å²) in [4.78, 5) is 0. The fourth-order valence-electron chi connectivity index (χ4n) is 5.61. The van der Waals surface area contributed by atoms with E-state index in [0.717, 1.165) is 11.8 Å². The maximum absolute atomic E-state index is 6.80. The van der Waals surface area contributed by atoms with Gasteiger partial charge in [0.15, 0.2) is 0 Å². The summed E-state index contributed by atoms with van der Waals surface area (Å²) in [6, 6.07) is 0.568. The number of hydrogen-bond acceptors (Lipinski definition) is 2. The molecule has 0 saturated heterocycles. The van der Waals surface area contributed by atoms with E-state index >= 15 is 0 Å². The normalized spacial score (nSPS) is 48.7. The Labute approximate surface area is 131 Å². The van der Waals surface area contributed by atoms with Crippen LogP contribution >= 0.6 is 0 Å². The van der Waals surface area contributed by atoms with Gasteiger partial charge in [-0.2, -0.15) is 0 Å². The van der Waals surface area contributed by atoms with Gasteiger partial charge in [-0.15, -0.1) is 0 Å². The van der Waals surface area contributed by atoms with Gasteiger partial charge in [-0.25, -0.2) is 0 Å². The third-order valence-electron chi connectivity index (χ3n) is 7.90. The number of nitrogens with one attached hydrogen (secondary N) is 1. The Bertz CT molecular complexity index is 380. The van der Waals surface area contributed by atoms with Crippen molar-refractivity contribution in [3.63, 3.8) is 0 Å². The molecule has 2 heteroatoms. The monoisotopic (exact) mass is 293 g/mol. The first-order chi connectivity index (χ1) is 9.92. The van der Waals surface area contributed by atoms with Crippen LogP contribution in [0.25, 0.3) is 0 Å². The number of fused-ring (bicyclic) bond motifs is 2. The number of ether oxygens (including phenoxy) is 1. The summed E-state index contributed by atoms with van der Waals surface area (Å²) in [5.74, 6) is 1.75. The molecule has 3 fully saturated rings. The molecule has 3 aliphatic rings. The number of hydrogen-bond donors (Lipinski definition) is 1. The molecule has 0 spiro atoms. The van der Waals surface area contributed by atoms with Gasteiger partial charge >= 0.3 is 0 Å². The van der Waals surface area contributed by atoms with Crippen molar-refractivity contribution in [3.8, 4) is 0 Å². The maximum Gasteiger partial charge on any atom is 0.0734 e. The van der Waals surface area contributed by atoms with E-state index in [4.69, 9.17) is 4.74 Å². The predicted molar refractivity (Wildman–Crippen MR) is 88.4 cm³/mol. The molecule has 0 radical (unpaired) electrons. The molecule has 0 aromatic heterocycles. The van der Waals surface area contributed by atoms with E-state index in [1.807, 2.05) is 0 Å². The molecule has 0 heterocycles. The van der Waals surface area contributed by atoms with Crippen molar-refractivity contribution in [2.24, 2.45) is 22.7 Å². The van der Waals surface area contributed by atoms with Crippen LogP contribution in [0, 0.1) is 22.7 Å². The SMILES string of the molecule is CCC1CCC(NC)C(OC2CC3CCC2(C)C3(C)C)C1. The Morgan fingerprint density at radius 2 is 1.86 bits per heavy atom.